The lowest BCUT2D eigenvalue weighted by Crippen LogP contribution is -2.51. The SMILES string of the molecule is C.C[C@@H]1OCC2(CCN(c3ncc(-c4ccc5c(c4Cl)OCC5)nc3CO)CC2)[C@@H]1N.C[C@@H]1OCC2(CCN(c3ncc(Br)nc3CO)CC2)[C@@H]1N.OB(O)c1cc(Cl)c2c(c1)CCO2. The Hall–Kier alpha value is -3.40. The van der Waals surface area contributed by atoms with Crippen LogP contribution in [0.2, 0.25) is 10.0 Å². The molecule has 10 rings (SSSR count). The van der Waals surface area contributed by atoms with Crippen molar-refractivity contribution in [2.75, 3.05) is 62.4 Å². The predicted octanol–water partition coefficient (Wildman–Crippen LogP) is 4.21. The van der Waals surface area contributed by atoms with E-state index in [4.69, 9.17) is 68.6 Å². The van der Waals surface area contributed by atoms with Gasteiger partial charge in [0.15, 0.2) is 11.6 Å². The molecule has 2 aromatic heterocycles. The van der Waals surface area contributed by atoms with Crippen LogP contribution in [0.25, 0.3) is 11.3 Å². The second-order valence-corrected chi connectivity index (χ2v) is 19.2. The molecule has 2 spiro atoms. The number of aromatic nitrogens is 4. The molecule has 4 atom stereocenters. The topological polar surface area (TPSA) is 228 Å². The van der Waals surface area contributed by atoms with Crippen LogP contribution in [0, 0.1) is 10.8 Å². The molecule has 16 nitrogen and oxygen atoms in total. The fraction of sp³-hybridized carbons (Fsp3) is 0.556. The van der Waals surface area contributed by atoms with Crippen molar-refractivity contribution >= 4 is 63.3 Å². The molecule has 65 heavy (non-hydrogen) atoms. The molecule has 352 valence electrons. The summed E-state index contributed by atoms with van der Waals surface area (Å²) in [5.41, 5.74) is 17.9. The van der Waals surface area contributed by atoms with Gasteiger partial charge in [-0.2, -0.15) is 0 Å². The number of fused-ring (bicyclic) bond motifs is 2. The number of hydrogen-bond donors (Lipinski definition) is 6. The van der Waals surface area contributed by atoms with E-state index in [1.807, 2.05) is 12.1 Å². The summed E-state index contributed by atoms with van der Waals surface area (Å²) in [5, 5.41) is 38.3. The Balaban J connectivity index is 0.000000157. The van der Waals surface area contributed by atoms with Gasteiger partial charge in [-0.3, -0.25) is 0 Å². The van der Waals surface area contributed by atoms with Crippen molar-refractivity contribution in [3.05, 3.63) is 73.8 Å². The first kappa shape index (κ1) is 49.5. The highest BCUT2D eigenvalue weighted by Gasteiger charge is 2.49. The summed E-state index contributed by atoms with van der Waals surface area (Å²) in [4.78, 5) is 22.5. The summed E-state index contributed by atoms with van der Waals surface area (Å²) in [5.74, 6) is 2.91. The van der Waals surface area contributed by atoms with Crippen LogP contribution in [-0.2, 0) is 35.5 Å². The van der Waals surface area contributed by atoms with Gasteiger partial charge in [0.1, 0.15) is 27.5 Å². The Labute approximate surface area is 399 Å². The molecule has 0 unspecified atom stereocenters. The molecule has 4 fully saturated rings. The number of nitrogens with two attached hydrogens (primary N) is 2. The molecule has 0 saturated carbocycles. The highest BCUT2D eigenvalue weighted by atomic mass is 79.9. The number of anilines is 2. The highest BCUT2D eigenvalue weighted by Crippen LogP contribution is 2.44. The maximum Gasteiger partial charge on any atom is 0.488 e. The Kier molecular flexibility index (Phi) is 15.9. The molecule has 6 aliphatic rings. The zero-order valence-corrected chi connectivity index (χ0v) is 39.2. The van der Waals surface area contributed by atoms with Crippen LogP contribution in [0.3, 0.4) is 0 Å². The molecule has 8 N–H and O–H groups in total. The van der Waals surface area contributed by atoms with E-state index in [1.165, 1.54) is 6.07 Å². The van der Waals surface area contributed by atoms with Crippen LogP contribution in [0.1, 0.15) is 69.5 Å². The van der Waals surface area contributed by atoms with Gasteiger partial charge in [-0.25, -0.2) is 19.9 Å². The lowest BCUT2D eigenvalue weighted by atomic mass is 9.73. The number of ether oxygens (including phenoxy) is 4. The van der Waals surface area contributed by atoms with Crippen molar-refractivity contribution < 1.29 is 39.2 Å². The fourth-order valence-corrected chi connectivity index (χ4v) is 10.8. The summed E-state index contributed by atoms with van der Waals surface area (Å²) < 4.78 is 23.1. The number of nitrogens with zero attached hydrogens (tertiary/aromatic N) is 6. The van der Waals surface area contributed by atoms with Gasteiger partial charge in [-0.1, -0.05) is 48.8 Å². The van der Waals surface area contributed by atoms with Crippen molar-refractivity contribution in [2.24, 2.45) is 22.3 Å². The first-order valence-electron chi connectivity index (χ1n) is 21.9. The van der Waals surface area contributed by atoms with E-state index in [-0.39, 0.29) is 55.8 Å². The summed E-state index contributed by atoms with van der Waals surface area (Å²) in [7, 11) is -1.47. The number of halogens is 3. The van der Waals surface area contributed by atoms with Gasteiger partial charge in [0.25, 0.3) is 0 Å². The summed E-state index contributed by atoms with van der Waals surface area (Å²) in [6.45, 7) is 9.91. The lowest BCUT2D eigenvalue weighted by Gasteiger charge is -2.41. The van der Waals surface area contributed by atoms with Gasteiger partial charge < -0.3 is 60.5 Å². The molecule has 4 aromatic rings. The first-order valence-corrected chi connectivity index (χ1v) is 23.4. The standard InChI is InChI=1S/C22H27ClN4O3.C14H21BrN4O2.C8H8BClO3.CH4/c1-13-20(24)22(12-30-13)5-7-27(8-6-22)21-17(11-28)26-16(10-25-21)15-3-2-14-4-9-29-19(14)18(15)23;1-9-12(16)14(8-21-9)2-4-19(5-3-14)13-10(7-20)18-11(15)6-17-13;10-7-4-6(9(11)12)3-5-1-2-13-8(5)7;/h2-3,10,13,20,28H,4-9,11-12,24H2,1H3;6,9,12,20H,2-5,7-8,16H2,1H3;3-4,11-12H,1-2H2;1H4/t13-,20+;9-,12+;;/m00../s1. The Morgan fingerprint density at radius 1 is 0.769 bits per heavy atom. The quantitative estimate of drug-likeness (QED) is 0.149. The average molecular weight is 1000 g/mol. The highest BCUT2D eigenvalue weighted by molar-refractivity contribution is 9.10. The number of rotatable bonds is 6. The zero-order chi connectivity index (χ0) is 45.3. The van der Waals surface area contributed by atoms with Gasteiger partial charge in [0.05, 0.1) is 80.0 Å². The Morgan fingerprint density at radius 2 is 1.29 bits per heavy atom. The van der Waals surface area contributed by atoms with Crippen LogP contribution in [0.5, 0.6) is 11.5 Å². The number of hydrogen-bond acceptors (Lipinski definition) is 16. The third kappa shape index (κ3) is 10.1. The fourth-order valence-electron chi connectivity index (χ4n) is 9.80. The van der Waals surface area contributed by atoms with E-state index in [0.29, 0.717) is 56.2 Å². The molecule has 0 aliphatic carbocycles. The second-order valence-electron chi connectivity index (χ2n) is 17.6. The van der Waals surface area contributed by atoms with E-state index in [2.05, 4.69) is 54.5 Å². The van der Waals surface area contributed by atoms with Crippen molar-refractivity contribution in [1.29, 1.82) is 0 Å². The van der Waals surface area contributed by atoms with Gasteiger partial charge in [0.2, 0.25) is 0 Å². The normalized spacial score (nSPS) is 23.4. The largest absolute Gasteiger partial charge is 0.491 e. The third-order valence-electron chi connectivity index (χ3n) is 13.9. The monoisotopic (exact) mass is 1000 g/mol. The summed E-state index contributed by atoms with van der Waals surface area (Å²) in [6.07, 6.45) is 9.14. The number of aliphatic hydroxyl groups is 2. The number of aliphatic hydroxyl groups excluding tert-OH is 2. The lowest BCUT2D eigenvalue weighted by molar-refractivity contribution is 0.0973. The Morgan fingerprint density at radius 3 is 1.82 bits per heavy atom. The molecular weight excluding hydrogens is 942 g/mol. The number of piperidine rings is 2. The summed E-state index contributed by atoms with van der Waals surface area (Å²) in [6, 6.07) is 7.36. The molecule has 0 amide bonds. The first-order chi connectivity index (χ1) is 30.8. The van der Waals surface area contributed by atoms with Crippen LogP contribution in [0.15, 0.2) is 41.3 Å². The van der Waals surface area contributed by atoms with Crippen molar-refractivity contribution in [3.8, 4) is 22.8 Å². The van der Waals surface area contributed by atoms with Crippen LogP contribution < -0.4 is 36.2 Å². The van der Waals surface area contributed by atoms with Crippen LogP contribution in [0.4, 0.5) is 11.6 Å². The minimum absolute atomic E-state index is 0. The van der Waals surface area contributed by atoms with E-state index in [1.54, 1.807) is 18.5 Å². The van der Waals surface area contributed by atoms with E-state index >= 15 is 0 Å². The van der Waals surface area contributed by atoms with Gasteiger partial charge in [0, 0.05) is 67.5 Å². The molecule has 2 aromatic carbocycles. The predicted molar refractivity (Wildman–Crippen MR) is 255 cm³/mol. The molecular formula is C45H60BBrCl2N8O8. The molecule has 0 bridgehead atoms. The Bertz CT molecular complexity index is 2310. The van der Waals surface area contributed by atoms with Crippen molar-refractivity contribution in [1.82, 2.24) is 19.9 Å². The third-order valence-corrected chi connectivity index (χ3v) is 14.9. The zero-order valence-electron chi connectivity index (χ0n) is 36.1. The summed E-state index contributed by atoms with van der Waals surface area (Å²) >= 11 is 15.7. The maximum atomic E-state index is 10.00. The van der Waals surface area contributed by atoms with Crippen LogP contribution in [-0.4, -0.2) is 124 Å². The second kappa shape index (κ2) is 20.9. The van der Waals surface area contributed by atoms with E-state index in [0.717, 1.165) is 112 Å². The average Bonchev–Trinajstić information content (AvgIpc) is 4.11. The molecule has 4 saturated heterocycles. The molecule has 20 heteroatoms. The van der Waals surface area contributed by atoms with Crippen molar-refractivity contribution in [3.63, 3.8) is 0 Å². The van der Waals surface area contributed by atoms with Gasteiger partial charge >= 0.3 is 7.12 Å². The minimum Gasteiger partial charge on any atom is -0.491 e. The maximum absolute atomic E-state index is 10.00. The van der Waals surface area contributed by atoms with E-state index in [9.17, 15) is 10.2 Å². The van der Waals surface area contributed by atoms with Gasteiger partial charge in [-0.05, 0) is 78.1 Å². The van der Waals surface area contributed by atoms with E-state index < -0.39 is 7.12 Å². The molecule has 8 heterocycles. The number of benzene rings is 2. The molecule has 6 aliphatic heterocycles. The van der Waals surface area contributed by atoms with Crippen molar-refractivity contribution in [2.45, 2.75) is 97.3 Å². The smallest absolute Gasteiger partial charge is 0.488 e. The molecule has 0 radical (unpaired) electrons. The van der Waals surface area contributed by atoms with Crippen LogP contribution >= 0.6 is 39.1 Å². The minimum atomic E-state index is -1.47. The van der Waals surface area contributed by atoms with Gasteiger partial charge in [-0.15, -0.1) is 0 Å².